The lowest BCUT2D eigenvalue weighted by Gasteiger charge is -2.14. The lowest BCUT2D eigenvalue weighted by Crippen LogP contribution is -2.33. The molecule has 2 unspecified atom stereocenters. The molecule has 0 radical (unpaired) electrons. The summed E-state index contributed by atoms with van der Waals surface area (Å²) in [6.45, 7) is 1.46. The van der Waals surface area contributed by atoms with Crippen molar-refractivity contribution in [2.75, 3.05) is 33.4 Å². The van der Waals surface area contributed by atoms with E-state index < -0.39 is 12.2 Å². The van der Waals surface area contributed by atoms with Crippen LogP contribution in [0, 0.1) is 11.3 Å². The second-order valence-corrected chi connectivity index (χ2v) is 4.70. The summed E-state index contributed by atoms with van der Waals surface area (Å²) in [4.78, 5) is 0. The zero-order chi connectivity index (χ0) is 15.5. The lowest BCUT2D eigenvalue weighted by atomic mass is 10.2. The summed E-state index contributed by atoms with van der Waals surface area (Å²) in [7, 11) is 1.54. The molecule has 0 fully saturated rings. The van der Waals surface area contributed by atoms with Gasteiger partial charge in [0.1, 0.15) is 18.5 Å². The molecule has 0 heterocycles. The van der Waals surface area contributed by atoms with Crippen LogP contribution in [-0.4, -0.2) is 55.8 Å². The Morgan fingerprint density at radius 1 is 1.19 bits per heavy atom. The molecule has 0 spiro atoms. The Bertz CT molecular complexity index is 430. The number of aliphatic hydroxyl groups is 2. The maximum Gasteiger partial charge on any atom is 0.119 e. The molecule has 0 amide bonds. The van der Waals surface area contributed by atoms with Gasteiger partial charge in [-0.25, -0.2) is 0 Å². The van der Waals surface area contributed by atoms with E-state index in [-0.39, 0.29) is 6.61 Å². The summed E-state index contributed by atoms with van der Waals surface area (Å²) >= 11 is 0. The molecular weight excluding hydrogens is 272 g/mol. The van der Waals surface area contributed by atoms with E-state index in [1.165, 1.54) is 0 Å². The molecule has 3 N–H and O–H groups in total. The Labute approximate surface area is 124 Å². The van der Waals surface area contributed by atoms with Crippen molar-refractivity contribution < 1.29 is 19.7 Å². The van der Waals surface area contributed by atoms with Crippen molar-refractivity contribution in [2.45, 2.75) is 18.6 Å². The smallest absolute Gasteiger partial charge is 0.119 e. The van der Waals surface area contributed by atoms with Crippen LogP contribution in [-0.2, 0) is 4.74 Å². The van der Waals surface area contributed by atoms with Crippen LogP contribution in [0.3, 0.4) is 0 Å². The minimum Gasteiger partial charge on any atom is -0.491 e. The van der Waals surface area contributed by atoms with Crippen LogP contribution in [0.25, 0.3) is 0 Å². The highest BCUT2D eigenvalue weighted by molar-refractivity contribution is 5.34. The molecule has 116 valence electrons. The largest absolute Gasteiger partial charge is 0.491 e. The minimum absolute atomic E-state index is 0.166. The van der Waals surface area contributed by atoms with Crippen molar-refractivity contribution in [3.63, 3.8) is 0 Å². The molecule has 0 aromatic heterocycles. The maximum atomic E-state index is 9.75. The lowest BCUT2D eigenvalue weighted by molar-refractivity contribution is 0.0577. The average molecular weight is 294 g/mol. The van der Waals surface area contributed by atoms with Gasteiger partial charge in [-0.1, -0.05) is 0 Å². The quantitative estimate of drug-likeness (QED) is 0.537. The number of nitrogens with one attached hydrogen (secondary N) is 1. The molecule has 6 heteroatoms. The topological polar surface area (TPSA) is 94.7 Å². The highest BCUT2D eigenvalue weighted by Crippen LogP contribution is 2.11. The average Bonchev–Trinajstić information content (AvgIpc) is 2.50. The summed E-state index contributed by atoms with van der Waals surface area (Å²) in [5.41, 5.74) is 0.569. The third-order valence-corrected chi connectivity index (χ3v) is 2.82. The van der Waals surface area contributed by atoms with E-state index in [4.69, 9.17) is 14.7 Å². The maximum absolute atomic E-state index is 9.75. The van der Waals surface area contributed by atoms with E-state index in [1.54, 1.807) is 31.4 Å². The number of nitrogens with zero attached hydrogens (tertiary/aromatic N) is 1. The number of ether oxygens (including phenoxy) is 2. The first-order valence-corrected chi connectivity index (χ1v) is 6.84. The van der Waals surface area contributed by atoms with Crippen LogP contribution in [0.2, 0.25) is 0 Å². The molecule has 1 aromatic rings. The first kappa shape index (κ1) is 17.4. The van der Waals surface area contributed by atoms with E-state index in [2.05, 4.69) is 5.32 Å². The number of rotatable bonds is 10. The Kier molecular flexibility index (Phi) is 8.40. The summed E-state index contributed by atoms with van der Waals surface area (Å²) in [6.07, 6.45) is -0.563. The van der Waals surface area contributed by atoms with Gasteiger partial charge in [0.25, 0.3) is 0 Å². The predicted octanol–water partition coefficient (Wildman–Crippen LogP) is 0.285. The van der Waals surface area contributed by atoms with Crippen LogP contribution in [0.1, 0.15) is 12.0 Å². The molecule has 0 aliphatic heterocycles. The molecule has 0 aliphatic carbocycles. The predicted molar refractivity (Wildman–Crippen MR) is 78.0 cm³/mol. The van der Waals surface area contributed by atoms with Gasteiger partial charge in [0.05, 0.1) is 24.3 Å². The monoisotopic (exact) mass is 294 g/mol. The van der Waals surface area contributed by atoms with Crippen molar-refractivity contribution in [1.82, 2.24) is 5.32 Å². The first-order valence-electron chi connectivity index (χ1n) is 6.84. The van der Waals surface area contributed by atoms with Crippen molar-refractivity contribution in [1.29, 1.82) is 5.26 Å². The third-order valence-electron chi connectivity index (χ3n) is 2.82. The summed E-state index contributed by atoms with van der Waals surface area (Å²) in [6, 6.07) is 8.74. The van der Waals surface area contributed by atoms with Gasteiger partial charge in [-0.2, -0.15) is 5.26 Å². The van der Waals surface area contributed by atoms with Crippen LogP contribution in [0.4, 0.5) is 0 Å². The van der Waals surface area contributed by atoms with Crippen LogP contribution < -0.4 is 10.1 Å². The number of aliphatic hydroxyl groups excluding tert-OH is 2. The molecule has 0 saturated heterocycles. The Morgan fingerprint density at radius 2 is 1.90 bits per heavy atom. The second kappa shape index (κ2) is 10.1. The minimum atomic E-state index is -0.639. The Hall–Kier alpha value is -1.65. The van der Waals surface area contributed by atoms with Gasteiger partial charge in [0.15, 0.2) is 0 Å². The van der Waals surface area contributed by atoms with Gasteiger partial charge >= 0.3 is 0 Å². The van der Waals surface area contributed by atoms with E-state index in [1.807, 2.05) is 6.07 Å². The highest BCUT2D eigenvalue weighted by Gasteiger charge is 2.07. The third kappa shape index (κ3) is 7.63. The van der Waals surface area contributed by atoms with Crippen molar-refractivity contribution in [2.24, 2.45) is 0 Å². The fourth-order valence-corrected chi connectivity index (χ4v) is 1.69. The molecular formula is C15H22N2O4. The van der Waals surface area contributed by atoms with Gasteiger partial charge < -0.3 is 25.0 Å². The van der Waals surface area contributed by atoms with Gasteiger partial charge in [-0.05, 0) is 37.2 Å². The second-order valence-electron chi connectivity index (χ2n) is 4.70. The highest BCUT2D eigenvalue weighted by atomic mass is 16.5. The normalized spacial score (nSPS) is 13.4. The zero-order valence-electron chi connectivity index (χ0n) is 12.2. The summed E-state index contributed by atoms with van der Waals surface area (Å²) in [5, 5.41) is 30.9. The van der Waals surface area contributed by atoms with Gasteiger partial charge in [-0.3, -0.25) is 0 Å². The number of hydrogen-bond donors (Lipinski definition) is 3. The number of hydrogen-bond acceptors (Lipinski definition) is 6. The molecule has 0 saturated carbocycles. The zero-order valence-corrected chi connectivity index (χ0v) is 12.2. The molecule has 0 bridgehead atoms. The fraction of sp³-hybridized carbons (Fsp3) is 0.533. The van der Waals surface area contributed by atoms with E-state index >= 15 is 0 Å². The number of benzene rings is 1. The molecule has 2 atom stereocenters. The summed E-state index contributed by atoms with van der Waals surface area (Å²) in [5.74, 6) is 0.614. The van der Waals surface area contributed by atoms with Gasteiger partial charge in [0.2, 0.25) is 0 Å². The Morgan fingerprint density at radius 3 is 2.52 bits per heavy atom. The SMILES string of the molecule is COCC(O)CCNCC(O)COc1ccc(C#N)cc1. The number of methoxy groups -OCH3 is 1. The van der Waals surface area contributed by atoms with Crippen LogP contribution in [0.5, 0.6) is 5.75 Å². The molecule has 1 aromatic carbocycles. The van der Waals surface area contributed by atoms with Crippen molar-refractivity contribution >= 4 is 0 Å². The van der Waals surface area contributed by atoms with Crippen LogP contribution >= 0.6 is 0 Å². The fourth-order valence-electron chi connectivity index (χ4n) is 1.69. The summed E-state index contributed by atoms with van der Waals surface area (Å²) < 4.78 is 10.2. The molecule has 1 rings (SSSR count). The standard InChI is InChI=1S/C15H22N2O4/c1-20-10-13(18)6-7-17-9-14(19)11-21-15-4-2-12(8-16)3-5-15/h2-5,13-14,17-19H,6-7,9-11H2,1H3. The van der Waals surface area contributed by atoms with E-state index in [9.17, 15) is 10.2 Å². The number of nitriles is 1. The van der Waals surface area contributed by atoms with Crippen molar-refractivity contribution in [3.8, 4) is 11.8 Å². The van der Waals surface area contributed by atoms with Crippen LogP contribution in [0.15, 0.2) is 24.3 Å². The molecule has 6 nitrogen and oxygen atoms in total. The Balaban J connectivity index is 2.13. The first-order chi connectivity index (χ1) is 10.2. The van der Waals surface area contributed by atoms with Crippen molar-refractivity contribution in [3.05, 3.63) is 29.8 Å². The van der Waals surface area contributed by atoms with E-state index in [0.29, 0.717) is 37.4 Å². The van der Waals surface area contributed by atoms with E-state index in [0.717, 1.165) is 0 Å². The van der Waals surface area contributed by atoms with Gasteiger partial charge in [-0.15, -0.1) is 0 Å². The van der Waals surface area contributed by atoms with Gasteiger partial charge in [0, 0.05) is 13.7 Å². The molecule has 21 heavy (non-hydrogen) atoms. The molecule has 0 aliphatic rings.